The molecule has 2 aromatic rings. The normalized spacial score (nSPS) is 14.3. The summed E-state index contributed by atoms with van der Waals surface area (Å²) in [5.41, 5.74) is 2.83. The van der Waals surface area contributed by atoms with Gasteiger partial charge in [0, 0.05) is 18.3 Å². The molecule has 0 radical (unpaired) electrons. The third-order valence-electron chi connectivity index (χ3n) is 3.37. The number of benzene rings is 1. The van der Waals surface area contributed by atoms with E-state index in [1.165, 1.54) is 11.1 Å². The van der Waals surface area contributed by atoms with Crippen LogP contribution in [0, 0.1) is 0 Å². The van der Waals surface area contributed by atoms with Crippen LogP contribution >= 0.6 is 0 Å². The monoisotopic (exact) mass is 269 g/mol. The van der Waals surface area contributed by atoms with E-state index in [1.807, 2.05) is 13.8 Å². The molecule has 0 bridgehead atoms. The molecule has 4 heteroatoms. The first kappa shape index (κ1) is 12.9. The Morgan fingerprint density at radius 2 is 1.85 bits per heavy atom. The van der Waals surface area contributed by atoms with Crippen LogP contribution in [0.4, 0.5) is 5.95 Å². The van der Waals surface area contributed by atoms with E-state index in [0.717, 1.165) is 12.8 Å². The summed E-state index contributed by atoms with van der Waals surface area (Å²) >= 11 is 0. The quantitative estimate of drug-likeness (QED) is 0.927. The summed E-state index contributed by atoms with van der Waals surface area (Å²) in [7, 11) is 0. The smallest absolute Gasteiger partial charge is 0.226 e. The summed E-state index contributed by atoms with van der Waals surface area (Å²) in [6.07, 6.45) is 3.90. The topological polar surface area (TPSA) is 47.0 Å². The second kappa shape index (κ2) is 5.49. The molecule has 0 saturated heterocycles. The number of fused-ring (bicyclic) bond motifs is 1. The van der Waals surface area contributed by atoms with Gasteiger partial charge >= 0.3 is 0 Å². The lowest BCUT2D eigenvalue weighted by atomic mass is 10.1. The Morgan fingerprint density at radius 1 is 1.15 bits per heavy atom. The zero-order valence-electron chi connectivity index (χ0n) is 11.8. The van der Waals surface area contributed by atoms with Gasteiger partial charge in [-0.1, -0.05) is 24.3 Å². The van der Waals surface area contributed by atoms with Gasteiger partial charge in [-0.15, -0.1) is 0 Å². The van der Waals surface area contributed by atoms with Gasteiger partial charge in [-0.25, -0.2) is 4.98 Å². The van der Waals surface area contributed by atoms with Gasteiger partial charge < -0.3 is 10.1 Å². The molecule has 1 N–H and O–H groups in total. The average molecular weight is 269 g/mol. The van der Waals surface area contributed by atoms with Crippen molar-refractivity contribution in [1.82, 2.24) is 9.97 Å². The maximum absolute atomic E-state index is 5.59. The number of ether oxygens (including phenoxy) is 1. The lowest BCUT2D eigenvalue weighted by Gasteiger charge is -2.13. The Balaban J connectivity index is 1.68. The van der Waals surface area contributed by atoms with Crippen molar-refractivity contribution in [3.8, 4) is 5.88 Å². The second-order valence-corrected chi connectivity index (χ2v) is 5.40. The molecule has 1 aromatic carbocycles. The summed E-state index contributed by atoms with van der Waals surface area (Å²) in [6, 6.07) is 10.7. The minimum atomic E-state index is 0.119. The van der Waals surface area contributed by atoms with Gasteiger partial charge in [0.05, 0.1) is 6.10 Å². The fraction of sp³-hybridized carbons (Fsp3) is 0.375. The van der Waals surface area contributed by atoms with E-state index in [-0.39, 0.29) is 6.10 Å². The number of rotatable bonds is 4. The molecule has 0 saturated carbocycles. The number of anilines is 1. The second-order valence-electron chi connectivity index (χ2n) is 5.40. The third kappa shape index (κ3) is 2.90. The van der Waals surface area contributed by atoms with E-state index >= 15 is 0 Å². The van der Waals surface area contributed by atoms with Crippen molar-refractivity contribution in [2.75, 3.05) is 5.32 Å². The van der Waals surface area contributed by atoms with E-state index < -0.39 is 0 Å². The number of nitrogens with zero attached hydrogens (tertiary/aromatic N) is 2. The predicted molar refractivity (Wildman–Crippen MR) is 79.1 cm³/mol. The van der Waals surface area contributed by atoms with Crippen LogP contribution < -0.4 is 10.1 Å². The molecule has 0 fully saturated rings. The molecule has 20 heavy (non-hydrogen) atoms. The van der Waals surface area contributed by atoms with Gasteiger partial charge in [-0.3, -0.25) is 0 Å². The summed E-state index contributed by atoms with van der Waals surface area (Å²) in [4.78, 5) is 8.67. The molecule has 4 nitrogen and oxygen atoms in total. The number of hydrogen-bond acceptors (Lipinski definition) is 4. The summed E-state index contributed by atoms with van der Waals surface area (Å²) in [6.45, 7) is 3.98. The number of hydrogen-bond donors (Lipinski definition) is 1. The van der Waals surface area contributed by atoms with Crippen molar-refractivity contribution in [2.45, 2.75) is 38.8 Å². The molecule has 3 rings (SSSR count). The predicted octanol–water partition coefficient (Wildman–Crippen LogP) is 2.84. The Hall–Kier alpha value is -2.10. The van der Waals surface area contributed by atoms with Crippen molar-refractivity contribution in [3.05, 3.63) is 47.7 Å². The van der Waals surface area contributed by atoms with Crippen LogP contribution in [-0.2, 0) is 12.8 Å². The summed E-state index contributed by atoms with van der Waals surface area (Å²) in [5.74, 6) is 1.26. The highest BCUT2D eigenvalue weighted by molar-refractivity contribution is 5.38. The van der Waals surface area contributed by atoms with Crippen LogP contribution in [0.15, 0.2) is 36.5 Å². The first-order chi connectivity index (χ1) is 9.70. The van der Waals surface area contributed by atoms with Crippen molar-refractivity contribution >= 4 is 5.95 Å². The van der Waals surface area contributed by atoms with Crippen molar-refractivity contribution in [1.29, 1.82) is 0 Å². The van der Waals surface area contributed by atoms with E-state index in [9.17, 15) is 0 Å². The standard InChI is InChI=1S/C16H19N3O/c1-11(2)20-15-7-8-17-16(19-15)18-14-9-12-5-3-4-6-13(12)10-14/h3-8,11,14H,9-10H2,1-2H3,(H,17,18,19). The Labute approximate surface area is 119 Å². The summed E-state index contributed by atoms with van der Waals surface area (Å²) in [5, 5.41) is 3.40. The van der Waals surface area contributed by atoms with E-state index in [0.29, 0.717) is 17.9 Å². The molecule has 0 aliphatic heterocycles. The highest BCUT2D eigenvalue weighted by Gasteiger charge is 2.21. The largest absolute Gasteiger partial charge is 0.475 e. The SMILES string of the molecule is CC(C)Oc1ccnc(NC2Cc3ccccc3C2)n1. The molecule has 0 atom stereocenters. The molecule has 0 amide bonds. The zero-order chi connectivity index (χ0) is 13.9. The minimum absolute atomic E-state index is 0.119. The van der Waals surface area contributed by atoms with Crippen LogP contribution in [0.25, 0.3) is 0 Å². The Morgan fingerprint density at radius 3 is 2.50 bits per heavy atom. The van der Waals surface area contributed by atoms with E-state index in [4.69, 9.17) is 4.74 Å². The van der Waals surface area contributed by atoms with Gasteiger partial charge in [0.15, 0.2) is 0 Å². The minimum Gasteiger partial charge on any atom is -0.475 e. The molecule has 1 aliphatic carbocycles. The Kier molecular flexibility index (Phi) is 3.54. The molecular weight excluding hydrogens is 250 g/mol. The molecule has 104 valence electrons. The molecule has 1 aliphatic rings. The Bertz CT molecular complexity index is 573. The van der Waals surface area contributed by atoms with Crippen molar-refractivity contribution in [3.63, 3.8) is 0 Å². The zero-order valence-corrected chi connectivity index (χ0v) is 11.8. The summed E-state index contributed by atoms with van der Waals surface area (Å²) < 4.78 is 5.59. The van der Waals surface area contributed by atoms with Crippen LogP contribution in [0.5, 0.6) is 5.88 Å². The van der Waals surface area contributed by atoms with Gasteiger partial charge in [0.2, 0.25) is 11.8 Å². The molecule has 1 heterocycles. The molecule has 1 aromatic heterocycles. The number of nitrogens with one attached hydrogen (secondary N) is 1. The lowest BCUT2D eigenvalue weighted by molar-refractivity contribution is 0.232. The van der Waals surface area contributed by atoms with Crippen LogP contribution in [0.2, 0.25) is 0 Å². The maximum Gasteiger partial charge on any atom is 0.226 e. The average Bonchev–Trinajstić information content (AvgIpc) is 2.80. The highest BCUT2D eigenvalue weighted by Crippen LogP contribution is 2.23. The van der Waals surface area contributed by atoms with E-state index in [1.54, 1.807) is 12.3 Å². The fourth-order valence-electron chi connectivity index (χ4n) is 2.56. The van der Waals surface area contributed by atoms with Crippen molar-refractivity contribution < 1.29 is 4.74 Å². The molecule has 0 unspecified atom stereocenters. The van der Waals surface area contributed by atoms with Gasteiger partial charge in [0.25, 0.3) is 0 Å². The fourth-order valence-corrected chi connectivity index (χ4v) is 2.56. The maximum atomic E-state index is 5.59. The highest BCUT2D eigenvalue weighted by atomic mass is 16.5. The first-order valence-electron chi connectivity index (χ1n) is 7.04. The van der Waals surface area contributed by atoms with Crippen LogP contribution in [0.1, 0.15) is 25.0 Å². The lowest BCUT2D eigenvalue weighted by Crippen LogP contribution is -2.21. The first-order valence-corrected chi connectivity index (χ1v) is 7.04. The molecular formula is C16H19N3O. The third-order valence-corrected chi connectivity index (χ3v) is 3.37. The molecule has 0 spiro atoms. The van der Waals surface area contributed by atoms with Gasteiger partial charge in [-0.2, -0.15) is 4.98 Å². The van der Waals surface area contributed by atoms with Crippen LogP contribution in [0.3, 0.4) is 0 Å². The number of aromatic nitrogens is 2. The van der Waals surface area contributed by atoms with E-state index in [2.05, 4.69) is 39.6 Å². The van der Waals surface area contributed by atoms with Gasteiger partial charge in [0.1, 0.15) is 0 Å². The van der Waals surface area contributed by atoms with Crippen LogP contribution in [-0.4, -0.2) is 22.1 Å². The van der Waals surface area contributed by atoms with Crippen molar-refractivity contribution in [2.24, 2.45) is 0 Å². The van der Waals surface area contributed by atoms with Gasteiger partial charge in [-0.05, 0) is 37.8 Å².